The molecule has 0 aliphatic carbocycles. The zero-order valence-electron chi connectivity index (χ0n) is 17.5. The molecule has 3 aromatic rings. The second kappa shape index (κ2) is 8.79. The lowest BCUT2D eigenvalue weighted by atomic mass is 10.1. The van der Waals surface area contributed by atoms with Crippen LogP contribution in [0.1, 0.15) is 45.3 Å². The van der Waals surface area contributed by atoms with Crippen LogP contribution in [0.5, 0.6) is 0 Å². The number of hydrogen-bond acceptors (Lipinski definition) is 7. The largest absolute Gasteiger partial charge is 0.341 e. The predicted molar refractivity (Wildman–Crippen MR) is 122 cm³/mol. The zero-order chi connectivity index (χ0) is 21.1. The van der Waals surface area contributed by atoms with Crippen LogP contribution in [-0.4, -0.2) is 33.9 Å². The Hall–Kier alpha value is -3.00. The van der Waals surface area contributed by atoms with Crippen LogP contribution in [0.25, 0.3) is 0 Å². The van der Waals surface area contributed by atoms with Gasteiger partial charge in [0.2, 0.25) is 5.95 Å². The summed E-state index contributed by atoms with van der Waals surface area (Å²) < 4.78 is 0. The van der Waals surface area contributed by atoms with Gasteiger partial charge in [0, 0.05) is 36.2 Å². The summed E-state index contributed by atoms with van der Waals surface area (Å²) in [7, 11) is 0. The van der Waals surface area contributed by atoms with E-state index in [1.807, 2.05) is 51.1 Å². The highest BCUT2D eigenvalue weighted by Gasteiger charge is 2.15. The predicted octanol–water partition coefficient (Wildman–Crippen LogP) is 4.84. The van der Waals surface area contributed by atoms with Crippen LogP contribution in [0.4, 0.5) is 23.1 Å². The Labute approximate surface area is 180 Å². The van der Waals surface area contributed by atoms with Crippen molar-refractivity contribution in [3.8, 4) is 0 Å². The highest BCUT2D eigenvalue weighted by molar-refractivity contribution is 7.13. The lowest BCUT2D eigenvalue weighted by molar-refractivity contribution is 0.103. The van der Waals surface area contributed by atoms with Crippen molar-refractivity contribution in [1.82, 2.24) is 15.0 Å². The number of aromatic nitrogens is 3. The van der Waals surface area contributed by atoms with Gasteiger partial charge in [0.25, 0.3) is 5.91 Å². The second-order valence-electron chi connectivity index (χ2n) is 7.55. The Morgan fingerprint density at radius 3 is 2.33 bits per heavy atom. The molecule has 30 heavy (non-hydrogen) atoms. The molecule has 0 saturated carbocycles. The molecule has 8 heteroatoms. The van der Waals surface area contributed by atoms with E-state index in [0.29, 0.717) is 4.88 Å². The molecule has 3 heterocycles. The maximum absolute atomic E-state index is 12.5. The fraction of sp³-hybridized carbons (Fsp3) is 0.364. The first-order valence-electron chi connectivity index (χ1n) is 10.2. The van der Waals surface area contributed by atoms with E-state index in [1.54, 1.807) is 0 Å². The maximum atomic E-state index is 12.5. The van der Waals surface area contributed by atoms with Gasteiger partial charge in [-0.3, -0.25) is 4.79 Å². The van der Waals surface area contributed by atoms with E-state index in [4.69, 9.17) is 4.98 Å². The minimum atomic E-state index is -0.128. The molecular formula is C22H26N6OS. The molecule has 1 fully saturated rings. The number of benzene rings is 1. The molecule has 2 N–H and O–H groups in total. The van der Waals surface area contributed by atoms with Crippen molar-refractivity contribution >= 4 is 40.4 Å². The zero-order valence-corrected chi connectivity index (χ0v) is 18.3. The van der Waals surface area contributed by atoms with Gasteiger partial charge in [-0.25, -0.2) is 9.97 Å². The minimum Gasteiger partial charge on any atom is -0.341 e. The van der Waals surface area contributed by atoms with Crippen molar-refractivity contribution in [1.29, 1.82) is 0 Å². The third-order valence-corrected chi connectivity index (χ3v) is 6.08. The molecule has 7 nitrogen and oxygen atoms in total. The van der Waals surface area contributed by atoms with Gasteiger partial charge in [0.15, 0.2) is 0 Å². The van der Waals surface area contributed by atoms with E-state index < -0.39 is 0 Å². The van der Waals surface area contributed by atoms with Crippen molar-refractivity contribution in [3.63, 3.8) is 0 Å². The third-order valence-electron chi connectivity index (χ3n) is 5.01. The topological polar surface area (TPSA) is 83.0 Å². The van der Waals surface area contributed by atoms with Gasteiger partial charge in [-0.15, -0.1) is 11.3 Å². The molecule has 1 aliphatic heterocycles. The van der Waals surface area contributed by atoms with Crippen LogP contribution in [-0.2, 0) is 0 Å². The Balaban J connectivity index is 1.44. The molecule has 1 aromatic carbocycles. The summed E-state index contributed by atoms with van der Waals surface area (Å²) in [4.78, 5) is 29.0. The quantitative estimate of drug-likeness (QED) is 0.612. The van der Waals surface area contributed by atoms with Crippen molar-refractivity contribution in [2.75, 3.05) is 28.6 Å². The van der Waals surface area contributed by atoms with Crippen LogP contribution < -0.4 is 15.5 Å². The molecule has 2 aromatic heterocycles. The molecule has 0 bridgehead atoms. The van der Waals surface area contributed by atoms with Gasteiger partial charge in [-0.05, 0) is 64.3 Å². The number of nitrogens with zero attached hydrogens (tertiary/aromatic N) is 4. The van der Waals surface area contributed by atoms with Crippen molar-refractivity contribution in [3.05, 3.63) is 51.6 Å². The maximum Gasteiger partial charge on any atom is 0.267 e. The number of carbonyl (C=O) groups excluding carboxylic acids is 1. The number of piperidine rings is 1. The van der Waals surface area contributed by atoms with E-state index >= 15 is 0 Å². The summed E-state index contributed by atoms with van der Waals surface area (Å²) in [5.41, 5.74) is 3.34. The molecule has 1 amide bonds. The highest BCUT2D eigenvalue weighted by atomic mass is 32.1. The van der Waals surface area contributed by atoms with E-state index in [2.05, 4.69) is 25.5 Å². The SMILES string of the molecule is Cc1cc(Nc2ccc(NC(=O)c3sc(C)nc3C)cc2)nc(N2CCCCC2)n1. The summed E-state index contributed by atoms with van der Waals surface area (Å²) in [6.07, 6.45) is 3.65. The van der Waals surface area contributed by atoms with Gasteiger partial charge < -0.3 is 15.5 Å². The number of aryl methyl sites for hydroxylation is 3. The Morgan fingerprint density at radius 1 is 0.967 bits per heavy atom. The van der Waals surface area contributed by atoms with Crippen molar-refractivity contribution in [2.45, 2.75) is 40.0 Å². The van der Waals surface area contributed by atoms with Crippen LogP contribution in [0.2, 0.25) is 0 Å². The van der Waals surface area contributed by atoms with E-state index in [-0.39, 0.29) is 5.91 Å². The average Bonchev–Trinajstić information content (AvgIpc) is 3.08. The van der Waals surface area contributed by atoms with Gasteiger partial charge in [-0.2, -0.15) is 4.98 Å². The van der Waals surface area contributed by atoms with Crippen molar-refractivity contribution in [2.24, 2.45) is 0 Å². The molecular weight excluding hydrogens is 396 g/mol. The number of anilines is 4. The van der Waals surface area contributed by atoms with Crippen LogP contribution in [0, 0.1) is 20.8 Å². The molecule has 1 aliphatic rings. The Morgan fingerprint density at radius 2 is 1.67 bits per heavy atom. The van der Waals surface area contributed by atoms with E-state index in [9.17, 15) is 4.79 Å². The van der Waals surface area contributed by atoms with Gasteiger partial charge in [-0.1, -0.05) is 0 Å². The lowest BCUT2D eigenvalue weighted by Gasteiger charge is -2.27. The smallest absolute Gasteiger partial charge is 0.267 e. The number of thiazole rings is 1. The monoisotopic (exact) mass is 422 g/mol. The highest BCUT2D eigenvalue weighted by Crippen LogP contribution is 2.23. The summed E-state index contributed by atoms with van der Waals surface area (Å²) in [5.74, 6) is 1.43. The fourth-order valence-electron chi connectivity index (χ4n) is 3.57. The molecule has 156 valence electrons. The standard InChI is InChI=1S/C22H26N6OS/c1-14-13-19(27-22(23-14)28-11-5-4-6-12-28)25-17-7-9-18(10-8-17)26-21(29)20-15(2)24-16(3)30-20/h7-10,13H,4-6,11-12H2,1-3H3,(H,26,29)(H,23,25,27). The fourth-order valence-corrected chi connectivity index (χ4v) is 4.38. The number of nitrogens with one attached hydrogen (secondary N) is 2. The van der Waals surface area contributed by atoms with Gasteiger partial charge >= 0.3 is 0 Å². The lowest BCUT2D eigenvalue weighted by Crippen LogP contribution is -2.31. The van der Waals surface area contributed by atoms with Crippen LogP contribution in [0.3, 0.4) is 0 Å². The summed E-state index contributed by atoms with van der Waals surface area (Å²) >= 11 is 1.41. The van der Waals surface area contributed by atoms with E-state index in [1.165, 1.54) is 30.6 Å². The first kappa shape index (κ1) is 20.3. The molecule has 4 rings (SSSR count). The molecule has 1 saturated heterocycles. The van der Waals surface area contributed by atoms with Gasteiger partial charge in [0.1, 0.15) is 10.7 Å². The third kappa shape index (κ3) is 4.76. The Bertz CT molecular complexity index is 1040. The number of hydrogen-bond donors (Lipinski definition) is 2. The summed E-state index contributed by atoms with van der Waals surface area (Å²) in [5, 5.41) is 7.18. The normalized spacial score (nSPS) is 13.9. The van der Waals surface area contributed by atoms with Crippen LogP contribution in [0.15, 0.2) is 30.3 Å². The molecule has 0 spiro atoms. The first-order valence-corrected chi connectivity index (χ1v) is 11.0. The van der Waals surface area contributed by atoms with E-state index in [0.717, 1.165) is 52.6 Å². The number of carbonyl (C=O) groups is 1. The first-order chi connectivity index (χ1) is 14.5. The summed E-state index contributed by atoms with van der Waals surface area (Å²) in [6.45, 7) is 7.77. The Kier molecular flexibility index (Phi) is 5.94. The molecule has 0 radical (unpaired) electrons. The van der Waals surface area contributed by atoms with Crippen LogP contribution >= 0.6 is 11.3 Å². The summed E-state index contributed by atoms with van der Waals surface area (Å²) in [6, 6.07) is 9.56. The molecule has 0 atom stereocenters. The number of amides is 1. The van der Waals surface area contributed by atoms with Crippen molar-refractivity contribution < 1.29 is 4.79 Å². The second-order valence-corrected chi connectivity index (χ2v) is 8.75. The average molecular weight is 423 g/mol. The minimum absolute atomic E-state index is 0.128. The molecule has 0 unspecified atom stereocenters. The number of rotatable bonds is 5. The van der Waals surface area contributed by atoms with Gasteiger partial charge in [0.05, 0.1) is 10.7 Å².